The first kappa shape index (κ1) is 27.7. The van der Waals surface area contributed by atoms with Crippen LogP contribution in [0.1, 0.15) is 50.4 Å². The molecular formula is C29H28N4O5. The van der Waals surface area contributed by atoms with E-state index in [0.717, 1.165) is 18.4 Å². The third-order valence-corrected chi connectivity index (χ3v) is 6.08. The lowest BCUT2D eigenvalue weighted by Crippen LogP contribution is -2.26. The van der Waals surface area contributed by atoms with Crippen molar-refractivity contribution in [3.8, 4) is 16.9 Å². The number of nitrogen functional groups attached to an aromatic ring is 1. The van der Waals surface area contributed by atoms with Crippen LogP contribution in [0.15, 0.2) is 61.3 Å². The highest BCUT2D eigenvalue weighted by molar-refractivity contribution is 6.04. The Labute approximate surface area is 220 Å². The number of nitrogens with two attached hydrogens (primary N) is 1. The third kappa shape index (κ3) is 7.09. The topological polar surface area (TPSA) is 152 Å². The van der Waals surface area contributed by atoms with Crippen molar-refractivity contribution in [1.82, 2.24) is 10.3 Å². The predicted octanol–water partition coefficient (Wildman–Crippen LogP) is 3.67. The summed E-state index contributed by atoms with van der Waals surface area (Å²) in [5, 5.41) is 10.4. The van der Waals surface area contributed by atoms with Crippen LogP contribution in [0.5, 0.6) is 5.75 Å². The second kappa shape index (κ2) is 12.9. The molecule has 4 N–H and O–H groups in total. The summed E-state index contributed by atoms with van der Waals surface area (Å²) in [7, 11) is 1.57. The summed E-state index contributed by atoms with van der Waals surface area (Å²) in [6, 6.07) is 14.1. The number of benzene rings is 2. The SMILES string of the molecule is C=Cc1cc(C(=O)Cc2ccc(C(=N)N)cc2)c(-c2ccc(C(=O)NCC3CC3)nc2)cc1OC.O=C=O. The summed E-state index contributed by atoms with van der Waals surface area (Å²) in [4.78, 5) is 46.4. The fraction of sp³-hybridized carbons (Fsp3) is 0.207. The molecule has 1 aliphatic rings. The first-order chi connectivity index (χ1) is 18.3. The van der Waals surface area contributed by atoms with Crippen molar-refractivity contribution in [3.63, 3.8) is 0 Å². The first-order valence-electron chi connectivity index (χ1n) is 11.9. The average Bonchev–Trinajstić information content (AvgIpc) is 3.76. The molecule has 9 heteroatoms. The Bertz CT molecular complexity index is 1370. The van der Waals surface area contributed by atoms with Crippen LogP contribution >= 0.6 is 0 Å². The number of nitrogens with one attached hydrogen (secondary N) is 2. The molecule has 4 rings (SSSR count). The van der Waals surface area contributed by atoms with Crippen molar-refractivity contribution in [3.05, 3.63) is 89.3 Å². The lowest BCUT2D eigenvalue weighted by atomic mass is 9.92. The number of Topliss-reactive ketones (excluding diaryl/α,β-unsaturated/α-hetero) is 1. The summed E-state index contributed by atoms with van der Waals surface area (Å²) in [6.45, 7) is 4.51. The zero-order chi connectivity index (χ0) is 27.7. The van der Waals surface area contributed by atoms with E-state index in [4.69, 9.17) is 25.5 Å². The van der Waals surface area contributed by atoms with E-state index in [1.807, 2.05) is 0 Å². The minimum absolute atomic E-state index is 0.0203. The Hall–Kier alpha value is -4.88. The molecule has 1 fully saturated rings. The van der Waals surface area contributed by atoms with Crippen molar-refractivity contribution < 1.29 is 23.9 Å². The van der Waals surface area contributed by atoms with Crippen molar-refractivity contribution >= 4 is 29.8 Å². The van der Waals surface area contributed by atoms with E-state index >= 15 is 0 Å². The first-order valence-corrected chi connectivity index (χ1v) is 11.9. The largest absolute Gasteiger partial charge is 0.496 e. The number of amidine groups is 1. The van der Waals surface area contributed by atoms with Gasteiger partial charge in [-0.2, -0.15) is 9.59 Å². The van der Waals surface area contributed by atoms with Crippen molar-refractivity contribution in [2.45, 2.75) is 19.3 Å². The monoisotopic (exact) mass is 512 g/mol. The number of amides is 1. The maximum Gasteiger partial charge on any atom is 0.373 e. The third-order valence-electron chi connectivity index (χ3n) is 6.08. The number of methoxy groups -OCH3 is 1. The molecule has 0 atom stereocenters. The fourth-order valence-corrected chi connectivity index (χ4v) is 3.82. The molecular weight excluding hydrogens is 484 g/mol. The number of ether oxygens (including phenoxy) is 1. The van der Waals surface area contributed by atoms with E-state index in [0.29, 0.717) is 51.7 Å². The van der Waals surface area contributed by atoms with Crippen LogP contribution in [-0.2, 0) is 16.0 Å². The standard InChI is InChI=1S/C28H28N4O3.CO2/c1-3-19-13-23(25(33)12-17-6-8-20(9-7-17)27(29)30)22(14-26(19)35-2)21-10-11-24(31-16-21)28(34)32-15-18-4-5-18;2-1-3/h3,6-11,13-14,16,18H,1,4-5,12,15H2,2H3,(H3,29,30)(H,32,34);. The van der Waals surface area contributed by atoms with Gasteiger partial charge < -0.3 is 15.8 Å². The lowest BCUT2D eigenvalue weighted by molar-refractivity contribution is -0.191. The minimum atomic E-state index is -0.201. The molecule has 0 radical (unpaired) electrons. The lowest BCUT2D eigenvalue weighted by Gasteiger charge is -2.14. The smallest absolute Gasteiger partial charge is 0.373 e. The minimum Gasteiger partial charge on any atom is -0.496 e. The number of rotatable bonds is 10. The maximum atomic E-state index is 13.4. The zero-order valence-electron chi connectivity index (χ0n) is 21.0. The van der Waals surface area contributed by atoms with Gasteiger partial charge in [-0.3, -0.25) is 20.0 Å². The number of nitrogens with zero attached hydrogens (tertiary/aromatic N) is 1. The molecule has 0 aliphatic heterocycles. The summed E-state index contributed by atoms with van der Waals surface area (Å²) in [5.41, 5.74) is 9.85. The van der Waals surface area contributed by atoms with E-state index in [9.17, 15) is 9.59 Å². The summed E-state index contributed by atoms with van der Waals surface area (Å²) >= 11 is 0. The second-order valence-corrected chi connectivity index (χ2v) is 8.72. The molecule has 194 valence electrons. The van der Waals surface area contributed by atoms with Gasteiger partial charge >= 0.3 is 6.15 Å². The highest BCUT2D eigenvalue weighted by Gasteiger charge is 2.22. The van der Waals surface area contributed by atoms with Crippen LogP contribution in [0.25, 0.3) is 17.2 Å². The Morgan fingerprint density at radius 2 is 1.87 bits per heavy atom. The number of hydrogen-bond acceptors (Lipinski definition) is 7. The highest BCUT2D eigenvalue weighted by atomic mass is 16.5. The van der Waals surface area contributed by atoms with E-state index in [2.05, 4.69) is 16.9 Å². The van der Waals surface area contributed by atoms with Crippen LogP contribution < -0.4 is 15.8 Å². The molecule has 3 aromatic rings. The number of ketones is 1. The van der Waals surface area contributed by atoms with Crippen molar-refractivity contribution in [2.75, 3.05) is 13.7 Å². The molecule has 1 heterocycles. The van der Waals surface area contributed by atoms with Gasteiger partial charge in [-0.15, -0.1) is 0 Å². The average molecular weight is 513 g/mol. The van der Waals surface area contributed by atoms with Gasteiger partial charge in [0.1, 0.15) is 17.3 Å². The zero-order valence-corrected chi connectivity index (χ0v) is 21.0. The summed E-state index contributed by atoms with van der Waals surface area (Å²) in [5.74, 6) is 0.860. The van der Waals surface area contributed by atoms with Crippen LogP contribution in [0.4, 0.5) is 0 Å². The molecule has 0 unspecified atom stereocenters. The normalized spacial score (nSPS) is 11.8. The molecule has 0 bridgehead atoms. The van der Waals surface area contributed by atoms with Gasteiger partial charge in [-0.05, 0) is 48.1 Å². The molecule has 1 amide bonds. The van der Waals surface area contributed by atoms with E-state index in [-0.39, 0.29) is 30.1 Å². The second-order valence-electron chi connectivity index (χ2n) is 8.72. The summed E-state index contributed by atoms with van der Waals surface area (Å²) < 4.78 is 5.51. The number of hydrogen-bond donors (Lipinski definition) is 3. The Kier molecular flexibility index (Phi) is 9.40. The van der Waals surface area contributed by atoms with Gasteiger partial charge in [-0.25, -0.2) is 0 Å². The Morgan fingerprint density at radius 1 is 1.18 bits per heavy atom. The highest BCUT2D eigenvalue weighted by Crippen LogP contribution is 2.33. The van der Waals surface area contributed by atoms with E-state index in [1.54, 1.807) is 67.9 Å². The predicted molar refractivity (Wildman–Crippen MR) is 142 cm³/mol. The fourth-order valence-electron chi connectivity index (χ4n) is 3.82. The van der Waals surface area contributed by atoms with Gasteiger partial charge in [0.05, 0.1) is 7.11 Å². The van der Waals surface area contributed by atoms with Gasteiger partial charge in [0.25, 0.3) is 5.91 Å². The van der Waals surface area contributed by atoms with Crippen LogP contribution in [-0.4, -0.2) is 42.3 Å². The molecule has 1 aromatic heterocycles. The molecule has 0 saturated heterocycles. The number of aromatic nitrogens is 1. The van der Waals surface area contributed by atoms with Gasteiger partial charge in [0.2, 0.25) is 0 Å². The number of carbonyl (C=O) groups is 2. The maximum absolute atomic E-state index is 13.4. The molecule has 1 saturated carbocycles. The molecule has 1 aliphatic carbocycles. The van der Waals surface area contributed by atoms with Crippen LogP contribution in [0.2, 0.25) is 0 Å². The van der Waals surface area contributed by atoms with Gasteiger partial charge in [0, 0.05) is 41.4 Å². The van der Waals surface area contributed by atoms with E-state index < -0.39 is 0 Å². The molecule has 2 aromatic carbocycles. The van der Waals surface area contributed by atoms with Crippen LogP contribution in [0.3, 0.4) is 0 Å². The Balaban J connectivity index is 0.00000127. The van der Waals surface area contributed by atoms with Crippen molar-refractivity contribution in [1.29, 1.82) is 5.41 Å². The van der Waals surface area contributed by atoms with E-state index in [1.165, 1.54) is 0 Å². The van der Waals surface area contributed by atoms with Gasteiger partial charge in [-0.1, -0.05) is 43.0 Å². The molecule has 9 nitrogen and oxygen atoms in total. The molecule has 0 spiro atoms. The number of pyridine rings is 1. The molecule has 38 heavy (non-hydrogen) atoms. The van der Waals surface area contributed by atoms with Gasteiger partial charge in [0.15, 0.2) is 5.78 Å². The quantitative estimate of drug-likeness (QED) is 0.213. The summed E-state index contributed by atoms with van der Waals surface area (Å²) in [6.07, 6.45) is 5.99. The van der Waals surface area contributed by atoms with Crippen LogP contribution in [0, 0.1) is 11.3 Å². The van der Waals surface area contributed by atoms with Crippen molar-refractivity contribution in [2.24, 2.45) is 11.7 Å². The number of carbonyl (C=O) groups excluding carboxylic acids is 4. The Morgan fingerprint density at radius 3 is 2.39 bits per heavy atom.